The zero-order valence-electron chi connectivity index (χ0n) is 12.7. The third-order valence-corrected chi connectivity index (χ3v) is 5.03. The van der Waals surface area contributed by atoms with Crippen molar-refractivity contribution in [3.8, 4) is 0 Å². The fourth-order valence-electron chi connectivity index (χ4n) is 3.95. The zero-order chi connectivity index (χ0) is 15.4. The van der Waals surface area contributed by atoms with Crippen LogP contribution in [0.5, 0.6) is 0 Å². The number of carbonyl (C=O) groups is 1. The molecule has 23 heavy (non-hydrogen) atoms. The van der Waals surface area contributed by atoms with Crippen LogP contribution >= 0.6 is 0 Å². The van der Waals surface area contributed by atoms with Crippen molar-refractivity contribution in [1.82, 2.24) is 15.0 Å². The maximum absolute atomic E-state index is 13.1. The van der Waals surface area contributed by atoms with E-state index in [1.807, 2.05) is 11.0 Å². The fraction of sp³-hybridized carbons (Fsp3) is 0.500. The van der Waals surface area contributed by atoms with Gasteiger partial charge >= 0.3 is 0 Å². The molecule has 3 aliphatic heterocycles. The van der Waals surface area contributed by atoms with Crippen LogP contribution in [0.15, 0.2) is 18.6 Å². The second-order valence-electron chi connectivity index (χ2n) is 6.34. The summed E-state index contributed by atoms with van der Waals surface area (Å²) in [7, 11) is 0. The smallest absolute Gasteiger partial charge is 0.250 e. The van der Waals surface area contributed by atoms with Crippen molar-refractivity contribution in [1.29, 1.82) is 0 Å². The molecule has 5 rings (SSSR count). The van der Waals surface area contributed by atoms with Crippen LogP contribution in [-0.2, 0) is 9.53 Å². The number of anilines is 2. The highest BCUT2D eigenvalue weighted by atomic mass is 16.5. The third kappa shape index (κ3) is 1.86. The normalized spacial score (nSPS) is 26.7. The number of hydrogen-bond acceptors (Lipinski definition) is 6. The van der Waals surface area contributed by atoms with E-state index < -0.39 is 0 Å². The number of nitrogens with zero attached hydrogens (tertiary/aromatic N) is 5. The van der Waals surface area contributed by atoms with Crippen molar-refractivity contribution in [3.63, 3.8) is 0 Å². The summed E-state index contributed by atoms with van der Waals surface area (Å²) in [5.74, 6) is 1.06. The Labute approximate surface area is 133 Å². The first-order valence-electron chi connectivity index (χ1n) is 8.11. The molecule has 0 spiro atoms. The molecule has 0 bridgehead atoms. The Bertz CT molecular complexity index is 789. The molecule has 0 N–H and O–H groups in total. The van der Waals surface area contributed by atoms with E-state index in [1.54, 1.807) is 6.20 Å². The molecule has 2 fully saturated rings. The van der Waals surface area contributed by atoms with Gasteiger partial charge in [-0.25, -0.2) is 15.0 Å². The number of hydrogen-bond donors (Lipinski definition) is 0. The molecule has 2 saturated heterocycles. The summed E-state index contributed by atoms with van der Waals surface area (Å²) in [5.41, 5.74) is 1.56. The first-order valence-corrected chi connectivity index (χ1v) is 8.11. The van der Waals surface area contributed by atoms with E-state index in [0.717, 1.165) is 42.7 Å². The third-order valence-electron chi connectivity index (χ3n) is 5.03. The quantitative estimate of drug-likeness (QED) is 0.786. The lowest BCUT2D eigenvalue weighted by Gasteiger charge is -2.41. The Morgan fingerprint density at radius 1 is 1.30 bits per heavy atom. The molecule has 0 aliphatic carbocycles. The van der Waals surface area contributed by atoms with Crippen LogP contribution in [-0.4, -0.2) is 52.7 Å². The molecule has 0 aromatic carbocycles. The Hall–Kier alpha value is -2.28. The lowest BCUT2D eigenvalue weighted by molar-refractivity contribution is -0.120. The molecule has 2 atom stereocenters. The van der Waals surface area contributed by atoms with Crippen LogP contribution in [0.4, 0.5) is 11.5 Å². The monoisotopic (exact) mass is 311 g/mol. The number of ether oxygens (including phenoxy) is 1. The topological polar surface area (TPSA) is 71.5 Å². The number of amides is 1. The van der Waals surface area contributed by atoms with Crippen LogP contribution < -0.4 is 9.80 Å². The molecule has 7 heteroatoms. The van der Waals surface area contributed by atoms with Gasteiger partial charge in [-0.2, -0.15) is 0 Å². The average molecular weight is 311 g/mol. The van der Waals surface area contributed by atoms with Crippen LogP contribution in [0.3, 0.4) is 0 Å². The maximum Gasteiger partial charge on any atom is 0.250 e. The summed E-state index contributed by atoms with van der Waals surface area (Å²) >= 11 is 0. The van der Waals surface area contributed by atoms with Crippen molar-refractivity contribution in [2.45, 2.75) is 31.3 Å². The standard InChI is InChI=1S/C16H17N5O2/c22-16-12-2-1-4-20(12)15-13(21(16)11-3-5-23-8-11)6-10-7-17-9-18-14(10)19-15/h6-7,9,11-12H,1-5,8H2. The highest BCUT2D eigenvalue weighted by Crippen LogP contribution is 2.41. The first-order chi connectivity index (χ1) is 11.3. The zero-order valence-corrected chi connectivity index (χ0v) is 12.7. The Morgan fingerprint density at radius 2 is 2.26 bits per heavy atom. The maximum atomic E-state index is 13.1. The van der Waals surface area contributed by atoms with Crippen LogP contribution in [0.2, 0.25) is 0 Å². The number of rotatable bonds is 1. The molecule has 0 saturated carbocycles. The average Bonchev–Trinajstić information content (AvgIpc) is 3.25. The summed E-state index contributed by atoms with van der Waals surface area (Å²) in [6.07, 6.45) is 6.06. The van der Waals surface area contributed by atoms with Crippen molar-refractivity contribution in [2.75, 3.05) is 29.6 Å². The van der Waals surface area contributed by atoms with Gasteiger partial charge in [0.25, 0.3) is 0 Å². The number of carbonyl (C=O) groups excluding carboxylic acids is 1. The Balaban J connectivity index is 1.73. The molecule has 0 radical (unpaired) electrons. The first kappa shape index (κ1) is 13.2. The lowest BCUT2D eigenvalue weighted by atomic mass is 10.1. The Morgan fingerprint density at radius 3 is 3.13 bits per heavy atom. The predicted molar refractivity (Wildman–Crippen MR) is 84.4 cm³/mol. The van der Waals surface area contributed by atoms with Crippen molar-refractivity contribution in [3.05, 3.63) is 18.6 Å². The van der Waals surface area contributed by atoms with Crippen molar-refractivity contribution < 1.29 is 9.53 Å². The molecule has 1 amide bonds. The molecule has 3 aliphatic rings. The van der Waals surface area contributed by atoms with E-state index in [9.17, 15) is 4.79 Å². The summed E-state index contributed by atoms with van der Waals surface area (Å²) in [5, 5.41) is 0.862. The van der Waals surface area contributed by atoms with Gasteiger partial charge in [0.05, 0.1) is 18.3 Å². The SMILES string of the molecule is O=C1C2CCCN2c2nc3ncncc3cc2N1C1CCOC1. The molecular formula is C16H17N5O2. The van der Waals surface area contributed by atoms with Crippen LogP contribution in [0.25, 0.3) is 11.0 Å². The van der Waals surface area contributed by atoms with Gasteiger partial charge in [-0.15, -0.1) is 0 Å². The second-order valence-corrected chi connectivity index (χ2v) is 6.34. The van der Waals surface area contributed by atoms with E-state index in [1.165, 1.54) is 6.33 Å². The number of pyridine rings is 1. The number of aromatic nitrogens is 3. The molecule has 5 heterocycles. The summed E-state index contributed by atoms with van der Waals surface area (Å²) in [4.78, 5) is 30.2. The molecule has 2 aromatic rings. The van der Waals surface area contributed by atoms with Gasteiger partial charge in [-0.1, -0.05) is 0 Å². The highest BCUT2D eigenvalue weighted by Gasteiger charge is 2.45. The van der Waals surface area contributed by atoms with Gasteiger partial charge in [0.15, 0.2) is 11.5 Å². The van der Waals surface area contributed by atoms with Gasteiger partial charge in [0.2, 0.25) is 5.91 Å². The second kappa shape index (κ2) is 4.86. The Kier molecular flexibility index (Phi) is 2.78. The molecule has 7 nitrogen and oxygen atoms in total. The van der Waals surface area contributed by atoms with Gasteiger partial charge in [0, 0.05) is 24.7 Å². The largest absolute Gasteiger partial charge is 0.379 e. The summed E-state index contributed by atoms with van der Waals surface area (Å²) in [6.45, 7) is 2.19. The predicted octanol–water partition coefficient (Wildman–Crippen LogP) is 1.13. The van der Waals surface area contributed by atoms with E-state index in [4.69, 9.17) is 9.72 Å². The minimum Gasteiger partial charge on any atom is -0.379 e. The van der Waals surface area contributed by atoms with Crippen LogP contribution in [0.1, 0.15) is 19.3 Å². The van der Waals surface area contributed by atoms with E-state index in [-0.39, 0.29) is 18.0 Å². The van der Waals surface area contributed by atoms with Gasteiger partial charge in [-0.3, -0.25) is 4.79 Å². The van der Waals surface area contributed by atoms with Crippen molar-refractivity contribution in [2.24, 2.45) is 0 Å². The fourth-order valence-corrected chi connectivity index (χ4v) is 3.95. The minimum atomic E-state index is -0.0881. The molecule has 2 unspecified atom stereocenters. The van der Waals surface area contributed by atoms with E-state index in [0.29, 0.717) is 18.9 Å². The number of fused-ring (bicyclic) bond motifs is 4. The molecular weight excluding hydrogens is 294 g/mol. The molecule has 118 valence electrons. The van der Waals surface area contributed by atoms with Gasteiger partial charge in [0.1, 0.15) is 12.4 Å². The summed E-state index contributed by atoms with van der Waals surface area (Å²) < 4.78 is 5.52. The lowest BCUT2D eigenvalue weighted by Crippen LogP contribution is -2.54. The van der Waals surface area contributed by atoms with E-state index >= 15 is 0 Å². The minimum absolute atomic E-state index is 0.0881. The van der Waals surface area contributed by atoms with Gasteiger partial charge < -0.3 is 14.5 Å². The van der Waals surface area contributed by atoms with E-state index in [2.05, 4.69) is 14.9 Å². The van der Waals surface area contributed by atoms with Crippen molar-refractivity contribution >= 4 is 28.4 Å². The summed E-state index contributed by atoms with van der Waals surface area (Å²) in [6, 6.07) is 2.02. The molecule has 2 aromatic heterocycles. The highest BCUT2D eigenvalue weighted by molar-refractivity contribution is 6.07. The van der Waals surface area contributed by atoms with Gasteiger partial charge in [-0.05, 0) is 25.3 Å². The van der Waals surface area contributed by atoms with Crippen LogP contribution in [0, 0.1) is 0 Å².